The maximum Gasteiger partial charge on any atom is 0.263 e. The summed E-state index contributed by atoms with van der Waals surface area (Å²) in [6.07, 6.45) is 5.95. The van der Waals surface area contributed by atoms with Crippen LogP contribution in [-0.2, 0) is 14.6 Å². The number of nitrogens with zero attached hydrogens (tertiary/aromatic N) is 2. The molecular formula is C23H26Cl2FN3O4S. The first-order valence-corrected chi connectivity index (χ1v) is 13.6. The van der Waals surface area contributed by atoms with Crippen molar-refractivity contribution in [1.29, 1.82) is 0 Å². The van der Waals surface area contributed by atoms with Crippen molar-refractivity contribution in [1.82, 2.24) is 10.3 Å². The maximum atomic E-state index is 13.6. The van der Waals surface area contributed by atoms with Crippen molar-refractivity contribution in [3.05, 3.63) is 46.3 Å². The summed E-state index contributed by atoms with van der Waals surface area (Å²) in [7, 11) is -3.30. The first-order chi connectivity index (χ1) is 15.8. The minimum atomic E-state index is -3.30. The van der Waals surface area contributed by atoms with Crippen molar-refractivity contribution in [2.45, 2.75) is 68.2 Å². The van der Waals surface area contributed by atoms with Crippen LogP contribution in [0.2, 0.25) is 10.0 Å². The zero-order chi connectivity index (χ0) is 24.8. The van der Waals surface area contributed by atoms with Crippen molar-refractivity contribution in [2.75, 3.05) is 11.2 Å². The number of hydrogen-bond acceptors (Lipinski definition) is 6. The Balaban J connectivity index is 1.42. The number of nitrogens with one attached hydrogen (secondary N) is 1. The highest BCUT2D eigenvalue weighted by Gasteiger charge is 2.43. The van der Waals surface area contributed by atoms with Crippen LogP contribution >= 0.6 is 23.2 Å². The van der Waals surface area contributed by atoms with E-state index in [0.717, 1.165) is 43.8 Å². The molecule has 2 aliphatic heterocycles. The zero-order valence-corrected chi connectivity index (χ0v) is 21.3. The number of sulfone groups is 1. The van der Waals surface area contributed by atoms with Gasteiger partial charge in [0, 0.05) is 36.6 Å². The number of rotatable bonds is 6. The maximum absolute atomic E-state index is 13.6. The molecule has 3 heterocycles. The van der Waals surface area contributed by atoms with Crippen molar-refractivity contribution >= 4 is 44.8 Å². The highest BCUT2D eigenvalue weighted by atomic mass is 35.5. The monoisotopic (exact) mass is 529 g/mol. The smallest absolute Gasteiger partial charge is 0.263 e. The molecule has 1 amide bonds. The van der Waals surface area contributed by atoms with Crippen molar-refractivity contribution in [2.24, 2.45) is 0 Å². The zero-order valence-electron chi connectivity index (χ0n) is 19.0. The van der Waals surface area contributed by atoms with Crippen LogP contribution in [0.15, 0.2) is 35.4 Å². The quantitative estimate of drug-likeness (QED) is 0.557. The van der Waals surface area contributed by atoms with E-state index in [2.05, 4.69) is 15.2 Å². The lowest BCUT2D eigenvalue weighted by atomic mass is 9.96. The lowest BCUT2D eigenvalue weighted by Gasteiger charge is -2.40. The molecule has 0 saturated carbocycles. The molecule has 4 rings (SSSR count). The Morgan fingerprint density at radius 3 is 2.38 bits per heavy atom. The molecule has 2 bridgehead atoms. The van der Waals surface area contributed by atoms with Gasteiger partial charge in [0.05, 0.1) is 14.9 Å². The van der Waals surface area contributed by atoms with Crippen LogP contribution in [-0.4, -0.2) is 49.3 Å². The van der Waals surface area contributed by atoms with Gasteiger partial charge in [-0.2, -0.15) is 0 Å². The van der Waals surface area contributed by atoms with Gasteiger partial charge in [0.25, 0.3) is 5.91 Å². The molecule has 2 saturated heterocycles. The second-order valence-corrected chi connectivity index (χ2v) is 12.2. The number of fused-ring (bicyclic) bond motifs is 2. The van der Waals surface area contributed by atoms with Gasteiger partial charge in [0.1, 0.15) is 17.4 Å². The van der Waals surface area contributed by atoms with Crippen LogP contribution in [0.3, 0.4) is 0 Å². The van der Waals surface area contributed by atoms with Crippen LogP contribution in [0.5, 0.6) is 5.75 Å². The molecule has 2 fully saturated rings. The summed E-state index contributed by atoms with van der Waals surface area (Å²) in [6.45, 7) is 3.24. The van der Waals surface area contributed by atoms with E-state index in [0.29, 0.717) is 0 Å². The van der Waals surface area contributed by atoms with Crippen LogP contribution < -0.4 is 15.0 Å². The van der Waals surface area contributed by atoms with Gasteiger partial charge in [-0.05, 0) is 57.7 Å². The Labute approximate surface area is 208 Å². The van der Waals surface area contributed by atoms with Crippen LogP contribution in [0.1, 0.15) is 39.5 Å². The number of anilines is 1. The SMILES string of the molecule is CC(C)(Oc1cc(Cl)c(F)cc1Cl)C(=O)N[C@H]1C[C@H]2CC[C@@H](C1)N2c1ccc(S(C)(=O)=O)cn1. The molecule has 1 N–H and O–H groups in total. The molecule has 1 aromatic heterocycles. The van der Waals surface area contributed by atoms with E-state index in [1.54, 1.807) is 26.0 Å². The molecule has 7 nitrogen and oxygen atoms in total. The third kappa shape index (κ3) is 5.11. The standard InChI is InChI=1S/C23H26Cl2FN3O4S/c1-23(2,33-20-11-17(24)19(26)10-18(20)25)22(30)28-13-8-14-4-5-15(9-13)29(14)21-7-6-16(12-27-21)34(3,31)32/h6-7,10-15H,4-5,8-9H2,1-3H3,(H,28,30)/t13-,14+,15-. The summed E-state index contributed by atoms with van der Waals surface area (Å²) in [5, 5.41) is 2.98. The Morgan fingerprint density at radius 1 is 1.18 bits per heavy atom. The number of benzene rings is 1. The summed E-state index contributed by atoms with van der Waals surface area (Å²) >= 11 is 11.9. The first-order valence-electron chi connectivity index (χ1n) is 10.9. The predicted molar refractivity (Wildman–Crippen MR) is 129 cm³/mol. The summed E-state index contributed by atoms with van der Waals surface area (Å²) in [5.74, 6) is -0.0932. The second kappa shape index (κ2) is 9.17. The number of piperidine rings is 1. The van der Waals surface area contributed by atoms with Gasteiger partial charge in [-0.1, -0.05) is 23.2 Å². The summed E-state index contributed by atoms with van der Waals surface area (Å²) in [5.41, 5.74) is -1.26. The molecule has 34 heavy (non-hydrogen) atoms. The topological polar surface area (TPSA) is 88.6 Å². The fraction of sp³-hybridized carbons (Fsp3) is 0.478. The molecule has 0 aliphatic carbocycles. The highest BCUT2D eigenvalue weighted by molar-refractivity contribution is 7.90. The molecule has 11 heteroatoms. The van der Waals surface area contributed by atoms with Gasteiger partial charge < -0.3 is 15.0 Å². The van der Waals surface area contributed by atoms with Crippen LogP contribution in [0, 0.1) is 5.82 Å². The molecule has 3 atom stereocenters. The van der Waals surface area contributed by atoms with E-state index in [1.807, 2.05) is 0 Å². The average Bonchev–Trinajstić information content (AvgIpc) is 3.01. The van der Waals surface area contributed by atoms with Crippen molar-refractivity contribution < 1.29 is 22.3 Å². The normalized spacial score (nSPS) is 22.5. The molecule has 0 unspecified atom stereocenters. The summed E-state index contributed by atoms with van der Waals surface area (Å²) in [4.78, 5) is 19.9. The summed E-state index contributed by atoms with van der Waals surface area (Å²) < 4.78 is 42.8. The number of ether oxygens (including phenoxy) is 1. The number of halogens is 3. The van der Waals surface area contributed by atoms with Gasteiger partial charge in [-0.15, -0.1) is 0 Å². The van der Waals surface area contributed by atoms with Crippen molar-refractivity contribution in [3.8, 4) is 5.75 Å². The molecule has 1 aromatic carbocycles. The van der Waals surface area contributed by atoms with Gasteiger partial charge in [0.2, 0.25) is 0 Å². The van der Waals surface area contributed by atoms with E-state index in [1.165, 1.54) is 12.3 Å². The van der Waals surface area contributed by atoms with Gasteiger partial charge in [-0.3, -0.25) is 4.79 Å². The van der Waals surface area contributed by atoms with Crippen LogP contribution in [0.4, 0.5) is 10.2 Å². The Kier molecular flexibility index (Phi) is 6.74. The second-order valence-electron chi connectivity index (χ2n) is 9.37. The lowest BCUT2D eigenvalue weighted by molar-refractivity contribution is -0.135. The average molecular weight is 530 g/mol. The van der Waals surface area contributed by atoms with Gasteiger partial charge in [-0.25, -0.2) is 17.8 Å². The van der Waals surface area contributed by atoms with Crippen molar-refractivity contribution in [3.63, 3.8) is 0 Å². The number of carbonyl (C=O) groups excluding carboxylic acids is 1. The largest absolute Gasteiger partial charge is 0.476 e. The first kappa shape index (κ1) is 25.0. The molecule has 0 spiro atoms. The Hall–Kier alpha value is -2.10. The van der Waals surface area contributed by atoms with Crippen LogP contribution in [0.25, 0.3) is 0 Å². The Bertz CT molecular complexity index is 1190. The number of carbonyl (C=O) groups is 1. The number of amides is 1. The minimum Gasteiger partial charge on any atom is -0.476 e. The van der Waals surface area contributed by atoms with E-state index >= 15 is 0 Å². The molecule has 2 aromatic rings. The van der Waals surface area contributed by atoms with E-state index < -0.39 is 21.3 Å². The molecule has 0 radical (unpaired) electrons. The third-order valence-electron chi connectivity index (χ3n) is 6.37. The summed E-state index contributed by atoms with van der Waals surface area (Å²) in [6, 6.07) is 5.97. The number of hydrogen-bond donors (Lipinski definition) is 1. The van der Waals surface area contributed by atoms with E-state index in [-0.39, 0.29) is 44.7 Å². The highest BCUT2D eigenvalue weighted by Crippen LogP contribution is 2.39. The van der Waals surface area contributed by atoms with Gasteiger partial charge in [0.15, 0.2) is 15.4 Å². The molecule has 184 valence electrons. The number of aromatic nitrogens is 1. The lowest BCUT2D eigenvalue weighted by Crippen LogP contribution is -2.55. The van der Waals surface area contributed by atoms with E-state index in [9.17, 15) is 17.6 Å². The Morgan fingerprint density at radius 2 is 1.82 bits per heavy atom. The van der Waals surface area contributed by atoms with E-state index in [4.69, 9.17) is 27.9 Å². The molecular weight excluding hydrogens is 504 g/mol. The number of pyridine rings is 1. The fourth-order valence-corrected chi connectivity index (χ4v) is 5.58. The van der Waals surface area contributed by atoms with Gasteiger partial charge >= 0.3 is 0 Å². The minimum absolute atomic E-state index is 0.0310. The fourth-order valence-electron chi connectivity index (χ4n) is 4.68. The molecule has 2 aliphatic rings. The predicted octanol–water partition coefficient (Wildman–Crippen LogP) is 4.40. The third-order valence-corrected chi connectivity index (χ3v) is 8.05.